The van der Waals surface area contributed by atoms with Crippen LogP contribution in [0.3, 0.4) is 0 Å². The fourth-order valence-corrected chi connectivity index (χ4v) is 1.54. The van der Waals surface area contributed by atoms with Crippen molar-refractivity contribution in [2.45, 2.75) is 0 Å². The third-order valence-corrected chi connectivity index (χ3v) is 2.57. The van der Waals surface area contributed by atoms with Crippen molar-refractivity contribution in [2.24, 2.45) is 0 Å². The maximum Gasteiger partial charge on any atom is 0.123 e. The number of hydrogen-bond donors (Lipinski definition) is 0. The van der Waals surface area contributed by atoms with Crippen LogP contribution >= 0.6 is 11.6 Å². The molecule has 0 nitrogen and oxygen atoms in total. The van der Waals surface area contributed by atoms with Crippen molar-refractivity contribution in [1.82, 2.24) is 0 Å². The molecule has 0 fully saturated rings. The highest BCUT2D eigenvalue weighted by molar-refractivity contribution is 6.30. The van der Waals surface area contributed by atoms with Gasteiger partial charge in [-0.15, -0.1) is 0 Å². The Kier molecular flexibility index (Phi) is 3.94. The molecule has 0 spiro atoms. The molecule has 0 amide bonds. The van der Waals surface area contributed by atoms with Crippen LogP contribution in [0, 0.1) is 12.2 Å². The van der Waals surface area contributed by atoms with Crippen molar-refractivity contribution in [3.8, 4) is 0 Å². The molecule has 0 saturated carbocycles. The van der Waals surface area contributed by atoms with E-state index in [9.17, 15) is 4.39 Å². The molecular weight excluding hydrogens is 235 g/mol. The molecule has 2 aromatic rings. The largest absolute Gasteiger partial charge is 0.207 e. The molecule has 2 rings (SSSR count). The van der Waals surface area contributed by atoms with E-state index in [1.807, 2.05) is 42.8 Å². The van der Waals surface area contributed by atoms with E-state index in [0.29, 0.717) is 0 Å². The summed E-state index contributed by atoms with van der Waals surface area (Å²) in [6, 6.07) is 13.9. The van der Waals surface area contributed by atoms with E-state index in [1.54, 1.807) is 12.1 Å². The van der Waals surface area contributed by atoms with Crippen molar-refractivity contribution in [3.05, 3.63) is 83.0 Å². The monoisotopic (exact) mass is 245 g/mol. The van der Waals surface area contributed by atoms with E-state index in [1.165, 1.54) is 12.1 Å². The Balaban J connectivity index is 1.97. The minimum atomic E-state index is -0.219. The lowest BCUT2D eigenvalue weighted by Crippen LogP contribution is -1.77. The van der Waals surface area contributed by atoms with Crippen LogP contribution < -0.4 is 0 Å². The first-order valence-corrected chi connectivity index (χ1v) is 5.64. The van der Waals surface area contributed by atoms with Gasteiger partial charge in [-0.1, -0.05) is 48.0 Å². The summed E-state index contributed by atoms with van der Waals surface area (Å²) in [7, 11) is 0. The second-order valence-electron chi connectivity index (χ2n) is 3.63. The van der Waals surface area contributed by atoms with Gasteiger partial charge in [0, 0.05) is 11.4 Å². The molecule has 0 aliphatic heterocycles. The average Bonchev–Trinajstić information content (AvgIpc) is 2.34. The summed E-state index contributed by atoms with van der Waals surface area (Å²) < 4.78 is 12.7. The smallest absolute Gasteiger partial charge is 0.123 e. The van der Waals surface area contributed by atoms with Crippen molar-refractivity contribution < 1.29 is 4.39 Å². The molecule has 0 saturated heterocycles. The predicted octanol–water partition coefficient (Wildman–Crippen LogP) is 4.74. The van der Waals surface area contributed by atoms with Crippen LogP contribution in [0.2, 0.25) is 5.02 Å². The fourth-order valence-electron chi connectivity index (χ4n) is 1.42. The third-order valence-electron chi connectivity index (χ3n) is 2.32. The predicted molar refractivity (Wildman–Crippen MR) is 70.3 cm³/mol. The van der Waals surface area contributed by atoms with Crippen LogP contribution in [0.5, 0.6) is 0 Å². The highest BCUT2D eigenvalue weighted by Crippen LogP contribution is 2.12. The Morgan fingerprint density at radius 1 is 0.824 bits per heavy atom. The van der Waals surface area contributed by atoms with E-state index >= 15 is 0 Å². The summed E-state index contributed by atoms with van der Waals surface area (Å²) in [5.74, 6) is -0.219. The Hall–Kier alpha value is -1.60. The molecule has 0 aromatic heterocycles. The number of allylic oxidation sites excluding steroid dienone is 1. The molecule has 0 unspecified atom stereocenters. The van der Waals surface area contributed by atoms with E-state index in [-0.39, 0.29) is 5.82 Å². The van der Waals surface area contributed by atoms with Crippen LogP contribution in [0.15, 0.2) is 54.6 Å². The quantitative estimate of drug-likeness (QED) is 0.732. The molecule has 17 heavy (non-hydrogen) atoms. The first-order chi connectivity index (χ1) is 8.24. The normalized spacial score (nSPS) is 10.9. The van der Waals surface area contributed by atoms with Crippen molar-refractivity contribution in [2.75, 3.05) is 0 Å². The lowest BCUT2D eigenvalue weighted by atomic mass is 10.1. The van der Waals surface area contributed by atoms with Gasteiger partial charge >= 0.3 is 0 Å². The maximum atomic E-state index is 12.7. The maximum absolute atomic E-state index is 12.7. The van der Waals surface area contributed by atoms with Gasteiger partial charge in [0.2, 0.25) is 0 Å². The molecular formula is C15H11ClF. The first-order valence-electron chi connectivity index (χ1n) is 5.26. The van der Waals surface area contributed by atoms with Gasteiger partial charge in [-0.3, -0.25) is 0 Å². The van der Waals surface area contributed by atoms with Crippen molar-refractivity contribution >= 4 is 17.7 Å². The minimum absolute atomic E-state index is 0.219. The zero-order valence-corrected chi connectivity index (χ0v) is 9.86. The van der Waals surface area contributed by atoms with Crippen LogP contribution in [-0.4, -0.2) is 0 Å². The van der Waals surface area contributed by atoms with Crippen molar-refractivity contribution in [1.29, 1.82) is 0 Å². The zero-order valence-electron chi connectivity index (χ0n) is 9.11. The number of rotatable bonds is 3. The van der Waals surface area contributed by atoms with E-state index in [2.05, 4.69) is 0 Å². The lowest BCUT2D eigenvalue weighted by molar-refractivity contribution is 0.628. The number of hydrogen-bond acceptors (Lipinski definition) is 0. The molecule has 0 atom stereocenters. The van der Waals surface area contributed by atoms with Gasteiger partial charge in [0.25, 0.3) is 0 Å². The lowest BCUT2D eigenvalue weighted by Gasteiger charge is -1.96. The zero-order chi connectivity index (χ0) is 12.1. The Bertz CT molecular complexity index is 497. The topological polar surface area (TPSA) is 0 Å². The highest BCUT2D eigenvalue weighted by Gasteiger charge is 1.91. The summed E-state index contributed by atoms with van der Waals surface area (Å²) >= 11 is 5.79. The fraction of sp³-hybridized carbons (Fsp3) is 0. The van der Waals surface area contributed by atoms with Gasteiger partial charge in [0.05, 0.1) is 0 Å². The standard InChI is InChI=1S/C15H11ClF/c16-14-8-4-12(5-9-14)2-1-3-13-6-10-15(17)11-7-13/h1-11H/b3-1+. The minimum Gasteiger partial charge on any atom is -0.207 e. The van der Waals surface area contributed by atoms with Crippen LogP contribution in [0.4, 0.5) is 4.39 Å². The number of benzene rings is 2. The van der Waals surface area contributed by atoms with Gasteiger partial charge in [-0.05, 0) is 35.4 Å². The second kappa shape index (κ2) is 5.65. The van der Waals surface area contributed by atoms with E-state index < -0.39 is 0 Å². The molecule has 0 bridgehead atoms. The molecule has 0 heterocycles. The molecule has 2 heteroatoms. The molecule has 0 aliphatic rings. The van der Waals surface area contributed by atoms with E-state index in [4.69, 9.17) is 11.6 Å². The summed E-state index contributed by atoms with van der Waals surface area (Å²) in [5, 5.41) is 0.727. The summed E-state index contributed by atoms with van der Waals surface area (Å²) in [6.45, 7) is 0. The number of halogens is 2. The Morgan fingerprint density at radius 2 is 1.41 bits per heavy atom. The molecule has 0 N–H and O–H groups in total. The van der Waals surface area contributed by atoms with Gasteiger partial charge in [-0.2, -0.15) is 0 Å². The van der Waals surface area contributed by atoms with Gasteiger partial charge < -0.3 is 0 Å². The highest BCUT2D eigenvalue weighted by atomic mass is 35.5. The molecule has 0 aliphatic carbocycles. The summed E-state index contributed by atoms with van der Waals surface area (Å²) in [4.78, 5) is 0. The summed E-state index contributed by atoms with van der Waals surface area (Å²) in [5.41, 5.74) is 2.05. The SMILES string of the molecule is Fc1ccc(/C=C/[CH]c2ccc(Cl)cc2)cc1. The first kappa shape index (κ1) is 11.9. The molecule has 2 aromatic carbocycles. The van der Waals surface area contributed by atoms with Crippen molar-refractivity contribution in [3.63, 3.8) is 0 Å². The van der Waals surface area contributed by atoms with Crippen LogP contribution in [0.25, 0.3) is 6.08 Å². The third kappa shape index (κ3) is 3.72. The molecule has 1 radical (unpaired) electrons. The Morgan fingerprint density at radius 3 is 2.06 bits per heavy atom. The van der Waals surface area contributed by atoms with E-state index in [0.717, 1.165) is 16.1 Å². The van der Waals surface area contributed by atoms with Crippen LogP contribution in [0.1, 0.15) is 11.1 Å². The summed E-state index contributed by atoms with van der Waals surface area (Å²) in [6.07, 6.45) is 5.82. The second-order valence-corrected chi connectivity index (χ2v) is 4.07. The van der Waals surface area contributed by atoms with Crippen LogP contribution in [-0.2, 0) is 0 Å². The van der Waals surface area contributed by atoms with Gasteiger partial charge in [-0.25, -0.2) is 4.39 Å². The average molecular weight is 246 g/mol. The van der Waals surface area contributed by atoms with Gasteiger partial charge in [0.1, 0.15) is 5.82 Å². The van der Waals surface area contributed by atoms with Gasteiger partial charge in [0.15, 0.2) is 0 Å². The Labute approximate surface area is 105 Å². The molecule has 85 valence electrons.